The van der Waals surface area contributed by atoms with E-state index in [-0.39, 0.29) is 0 Å². The van der Waals surface area contributed by atoms with Crippen LogP contribution in [0.15, 0.2) is 23.2 Å². The Bertz CT molecular complexity index is 891. The highest BCUT2D eigenvalue weighted by Crippen LogP contribution is 2.33. The molecule has 0 aliphatic heterocycles. The van der Waals surface area contributed by atoms with Gasteiger partial charge < -0.3 is 4.57 Å². The molecule has 1 aromatic carbocycles. The Labute approximate surface area is 145 Å². The average molecular weight is 372 g/mol. The molecule has 0 unspecified atom stereocenters. The lowest BCUT2D eigenvalue weighted by Gasteiger charge is -2.10. The van der Waals surface area contributed by atoms with Crippen molar-refractivity contribution in [3.05, 3.63) is 50.5 Å². The molecule has 1 fully saturated rings. The zero-order chi connectivity index (χ0) is 18.4. The lowest BCUT2D eigenvalue weighted by atomic mass is 10.1. The molecule has 0 spiro atoms. The summed E-state index contributed by atoms with van der Waals surface area (Å²) in [5.74, 6) is -1.54. The predicted molar refractivity (Wildman–Crippen MR) is 85.8 cm³/mol. The summed E-state index contributed by atoms with van der Waals surface area (Å²) >= 11 is 1.27. The van der Waals surface area contributed by atoms with Crippen LogP contribution in [0.25, 0.3) is 0 Å². The largest absolute Gasteiger partial charge is 0.417 e. The van der Waals surface area contributed by atoms with Crippen LogP contribution in [-0.2, 0) is 12.7 Å². The third-order valence-corrected chi connectivity index (χ3v) is 5.34. The number of rotatable bonds is 3. The molecule has 0 radical (unpaired) electrons. The Balaban J connectivity index is 2.06. The van der Waals surface area contributed by atoms with Crippen LogP contribution in [-0.4, -0.2) is 10.5 Å². The number of carbonyl (C=O) groups excluding carboxylic acids is 1. The Morgan fingerprint density at radius 1 is 1.32 bits per heavy atom. The van der Waals surface area contributed by atoms with Crippen LogP contribution in [0.4, 0.5) is 17.6 Å². The van der Waals surface area contributed by atoms with E-state index in [2.05, 4.69) is 4.99 Å². The van der Waals surface area contributed by atoms with Gasteiger partial charge in [0.2, 0.25) is 0 Å². The fraction of sp³-hybridized carbons (Fsp3) is 0.412. The molecule has 0 bridgehead atoms. The summed E-state index contributed by atoms with van der Waals surface area (Å²) in [6.07, 6.45) is -2.62. The minimum atomic E-state index is -4.83. The van der Waals surface area contributed by atoms with Crippen molar-refractivity contribution in [3.8, 4) is 0 Å². The minimum Gasteiger partial charge on any atom is -0.320 e. The molecule has 0 saturated heterocycles. The van der Waals surface area contributed by atoms with Crippen molar-refractivity contribution in [2.75, 3.05) is 0 Å². The number of aryl methyl sites for hydroxylation is 1. The number of hydrogen-bond acceptors (Lipinski definition) is 2. The van der Waals surface area contributed by atoms with Gasteiger partial charge in [0, 0.05) is 17.1 Å². The van der Waals surface area contributed by atoms with Crippen molar-refractivity contribution in [2.45, 2.75) is 39.4 Å². The van der Waals surface area contributed by atoms with E-state index in [0.717, 1.165) is 35.5 Å². The van der Waals surface area contributed by atoms with Gasteiger partial charge in [0.05, 0.1) is 11.1 Å². The number of halogens is 4. The molecule has 1 amide bonds. The number of thiazole rings is 1. The van der Waals surface area contributed by atoms with Crippen molar-refractivity contribution in [1.82, 2.24) is 4.57 Å². The Morgan fingerprint density at radius 2 is 2.00 bits per heavy atom. The molecule has 0 atom stereocenters. The van der Waals surface area contributed by atoms with E-state index >= 15 is 0 Å². The highest BCUT2D eigenvalue weighted by molar-refractivity contribution is 7.09. The number of amides is 1. The number of nitrogens with zero attached hydrogens (tertiary/aromatic N) is 2. The zero-order valence-electron chi connectivity index (χ0n) is 13.7. The molecule has 3 nitrogen and oxygen atoms in total. The van der Waals surface area contributed by atoms with Gasteiger partial charge in [-0.3, -0.25) is 4.79 Å². The van der Waals surface area contributed by atoms with Crippen molar-refractivity contribution >= 4 is 17.2 Å². The predicted octanol–water partition coefficient (Wildman–Crippen LogP) is 4.48. The van der Waals surface area contributed by atoms with Crippen LogP contribution in [0.3, 0.4) is 0 Å². The summed E-state index contributed by atoms with van der Waals surface area (Å²) in [5.41, 5.74) is -0.992. The molecule has 1 heterocycles. The third kappa shape index (κ3) is 3.84. The van der Waals surface area contributed by atoms with Crippen molar-refractivity contribution in [2.24, 2.45) is 10.9 Å². The summed E-state index contributed by atoms with van der Waals surface area (Å²) in [5, 5.41) is 0. The van der Waals surface area contributed by atoms with Crippen LogP contribution in [0, 0.1) is 25.6 Å². The highest BCUT2D eigenvalue weighted by atomic mass is 32.1. The van der Waals surface area contributed by atoms with E-state index in [1.54, 1.807) is 0 Å². The second kappa shape index (κ2) is 6.40. The Hall–Kier alpha value is -1.96. The van der Waals surface area contributed by atoms with Crippen LogP contribution >= 0.6 is 11.3 Å². The third-order valence-electron chi connectivity index (χ3n) is 4.24. The fourth-order valence-corrected chi connectivity index (χ4v) is 3.52. The van der Waals surface area contributed by atoms with Crippen LogP contribution in [0.5, 0.6) is 0 Å². The molecule has 1 aliphatic carbocycles. The topological polar surface area (TPSA) is 34.4 Å². The molecule has 25 heavy (non-hydrogen) atoms. The summed E-state index contributed by atoms with van der Waals surface area (Å²) in [6, 6.07) is 2.00. The average Bonchev–Trinajstić information content (AvgIpc) is 3.30. The first-order chi connectivity index (χ1) is 11.7. The normalized spacial score (nSPS) is 15.7. The van der Waals surface area contributed by atoms with Gasteiger partial charge in [-0.15, -0.1) is 11.3 Å². The summed E-state index contributed by atoms with van der Waals surface area (Å²) < 4.78 is 54.4. The van der Waals surface area contributed by atoms with Crippen LogP contribution in [0.2, 0.25) is 0 Å². The van der Waals surface area contributed by atoms with E-state index < -0.39 is 29.0 Å². The van der Waals surface area contributed by atoms with E-state index in [0.29, 0.717) is 23.3 Å². The molecular weight excluding hydrogens is 356 g/mol. The zero-order valence-corrected chi connectivity index (χ0v) is 14.5. The van der Waals surface area contributed by atoms with Gasteiger partial charge in [-0.25, -0.2) is 4.39 Å². The smallest absolute Gasteiger partial charge is 0.320 e. The fourth-order valence-electron chi connectivity index (χ4n) is 2.54. The van der Waals surface area contributed by atoms with Gasteiger partial charge in [-0.2, -0.15) is 18.2 Å². The molecule has 1 saturated carbocycles. The molecule has 0 N–H and O–H groups in total. The summed E-state index contributed by atoms with van der Waals surface area (Å²) in [6.45, 7) is 4.49. The first-order valence-corrected chi connectivity index (χ1v) is 8.61. The lowest BCUT2D eigenvalue weighted by Crippen LogP contribution is -2.20. The van der Waals surface area contributed by atoms with Gasteiger partial charge in [0.1, 0.15) is 5.82 Å². The van der Waals surface area contributed by atoms with E-state index in [1.807, 2.05) is 18.4 Å². The van der Waals surface area contributed by atoms with Gasteiger partial charge >= 0.3 is 6.18 Å². The number of hydrogen-bond donors (Lipinski definition) is 0. The van der Waals surface area contributed by atoms with Crippen LogP contribution in [0.1, 0.15) is 39.3 Å². The quantitative estimate of drug-likeness (QED) is 0.732. The van der Waals surface area contributed by atoms with Crippen molar-refractivity contribution in [3.63, 3.8) is 0 Å². The molecule has 1 aromatic heterocycles. The first kappa shape index (κ1) is 17.8. The second-order valence-electron chi connectivity index (χ2n) is 6.18. The maximum absolute atomic E-state index is 13.2. The van der Waals surface area contributed by atoms with Gasteiger partial charge in [0.15, 0.2) is 4.80 Å². The molecule has 1 aliphatic rings. The highest BCUT2D eigenvalue weighted by Gasteiger charge is 2.35. The maximum Gasteiger partial charge on any atom is 0.417 e. The number of benzene rings is 1. The van der Waals surface area contributed by atoms with Gasteiger partial charge in [-0.05, 0) is 50.8 Å². The number of aromatic nitrogens is 1. The maximum atomic E-state index is 13.2. The van der Waals surface area contributed by atoms with Gasteiger partial charge in [-0.1, -0.05) is 0 Å². The van der Waals surface area contributed by atoms with Crippen molar-refractivity contribution in [1.29, 1.82) is 0 Å². The SMILES string of the molecule is Cc1s/c(=N\C(=O)c2ccc(F)cc2C(F)(F)F)n(CC2CC2)c1C. The van der Waals surface area contributed by atoms with Crippen molar-refractivity contribution < 1.29 is 22.4 Å². The van der Waals surface area contributed by atoms with Crippen LogP contribution < -0.4 is 4.80 Å². The van der Waals surface area contributed by atoms with E-state index in [9.17, 15) is 22.4 Å². The monoisotopic (exact) mass is 372 g/mol. The molecule has 3 rings (SSSR count). The molecule has 2 aromatic rings. The lowest BCUT2D eigenvalue weighted by molar-refractivity contribution is -0.138. The summed E-state index contributed by atoms with van der Waals surface area (Å²) in [7, 11) is 0. The molecular formula is C17H16F4N2OS. The number of alkyl halides is 3. The van der Waals surface area contributed by atoms with E-state index in [4.69, 9.17) is 0 Å². The Morgan fingerprint density at radius 3 is 2.60 bits per heavy atom. The standard InChI is InChI=1S/C17H16F4N2OS/c1-9-10(2)25-16(23(9)8-11-3-4-11)22-15(24)13-6-5-12(18)7-14(13)17(19,20)21/h5-7,11H,3-4,8H2,1-2H3/b22-16-. The molecule has 8 heteroatoms. The first-order valence-electron chi connectivity index (χ1n) is 7.79. The summed E-state index contributed by atoms with van der Waals surface area (Å²) in [4.78, 5) is 17.6. The van der Waals surface area contributed by atoms with E-state index in [1.165, 1.54) is 11.3 Å². The Kier molecular flexibility index (Phi) is 4.57. The second-order valence-corrected chi connectivity index (χ2v) is 7.37. The van der Waals surface area contributed by atoms with Gasteiger partial charge in [0.25, 0.3) is 5.91 Å². The molecule has 134 valence electrons. The number of carbonyl (C=O) groups is 1. The minimum absolute atomic E-state index is 0.325.